The largest absolute Gasteiger partial charge is 0.493 e. The molecule has 0 bridgehead atoms. The molecular weight excluding hydrogens is 336 g/mol. The Kier molecular flexibility index (Phi) is 5.71. The number of carbonyl (C=O) groups excluding carboxylic acids is 1. The highest BCUT2D eigenvalue weighted by Gasteiger charge is 2.16. The molecule has 1 amide bonds. The predicted octanol–water partition coefficient (Wildman–Crippen LogP) is 4.08. The van der Waals surface area contributed by atoms with Crippen molar-refractivity contribution >= 4 is 28.5 Å². The van der Waals surface area contributed by atoms with Crippen LogP contribution in [0.3, 0.4) is 0 Å². The fraction of sp³-hybridized carbons (Fsp3) is 0.368. The number of allylic oxidation sites excluding steroid dienone is 1. The third-order valence-corrected chi connectivity index (χ3v) is 5.07. The maximum atomic E-state index is 12.1. The van der Waals surface area contributed by atoms with E-state index in [9.17, 15) is 4.79 Å². The van der Waals surface area contributed by atoms with Crippen molar-refractivity contribution in [2.45, 2.75) is 32.6 Å². The van der Waals surface area contributed by atoms with E-state index in [1.165, 1.54) is 17.7 Å². The Morgan fingerprint density at radius 1 is 1.32 bits per heavy atom. The van der Waals surface area contributed by atoms with Gasteiger partial charge in [0.1, 0.15) is 0 Å². The Bertz CT molecular complexity index is 759. The van der Waals surface area contributed by atoms with Crippen molar-refractivity contribution < 1.29 is 14.3 Å². The minimum atomic E-state index is -0.217. The maximum absolute atomic E-state index is 12.1. The summed E-state index contributed by atoms with van der Waals surface area (Å²) >= 11 is 1.57. The topological polar surface area (TPSA) is 60.5 Å². The van der Waals surface area contributed by atoms with Gasteiger partial charge in [0.15, 0.2) is 23.2 Å². The highest BCUT2D eigenvalue weighted by atomic mass is 32.1. The number of ether oxygens (including phenoxy) is 2. The minimum Gasteiger partial charge on any atom is -0.493 e. The zero-order valence-corrected chi connectivity index (χ0v) is 15.3. The second kappa shape index (κ2) is 8.16. The molecule has 0 saturated carbocycles. The summed E-state index contributed by atoms with van der Waals surface area (Å²) in [6.07, 6.45) is 8.38. The number of methoxy groups -OCH3 is 1. The third kappa shape index (κ3) is 4.39. The van der Waals surface area contributed by atoms with Gasteiger partial charge in [0.25, 0.3) is 5.91 Å². The number of fused-ring (bicyclic) bond motifs is 1. The first kappa shape index (κ1) is 17.5. The van der Waals surface area contributed by atoms with Gasteiger partial charge in [-0.25, -0.2) is 4.98 Å². The predicted molar refractivity (Wildman–Crippen MR) is 101 cm³/mol. The van der Waals surface area contributed by atoms with E-state index < -0.39 is 0 Å². The third-order valence-electron chi connectivity index (χ3n) is 4.00. The molecule has 1 N–H and O–H groups in total. The average molecular weight is 358 g/mol. The fourth-order valence-corrected chi connectivity index (χ4v) is 3.87. The highest BCUT2D eigenvalue weighted by molar-refractivity contribution is 7.15. The first-order chi connectivity index (χ1) is 12.2. The molecule has 0 spiro atoms. The molecular formula is C19H22N2O3S. The molecule has 0 radical (unpaired) electrons. The molecule has 5 nitrogen and oxygen atoms in total. The molecule has 6 heteroatoms. The molecule has 1 aliphatic carbocycles. The van der Waals surface area contributed by atoms with Gasteiger partial charge in [0.2, 0.25) is 0 Å². The molecule has 132 valence electrons. The Balaban J connectivity index is 1.59. The van der Waals surface area contributed by atoms with E-state index >= 15 is 0 Å². The number of thiazole rings is 1. The van der Waals surface area contributed by atoms with Gasteiger partial charge in [-0.3, -0.25) is 10.1 Å². The number of rotatable bonds is 6. The van der Waals surface area contributed by atoms with E-state index in [0.717, 1.165) is 24.1 Å². The zero-order chi connectivity index (χ0) is 17.6. The van der Waals surface area contributed by atoms with Crippen molar-refractivity contribution in [1.29, 1.82) is 0 Å². The Labute approximate surface area is 151 Å². The summed E-state index contributed by atoms with van der Waals surface area (Å²) in [7, 11) is 1.59. The van der Waals surface area contributed by atoms with Crippen LogP contribution in [0.2, 0.25) is 0 Å². The maximum Gasteiger partial charge on any atom is 0.264 e. The number of hydrogen-bond donors (Lipinski definition) is 1. The van der Waals surface area contributed by atoms with Crippen molar-refractivity contribution in [1.82, 2.24) is 4.98 Å². The Hall–Kier alpha value is -2.34. The van der Waals surface area contributed by atoms with Gasteiger partial charge >= 0.3 is 0 Å². The van der Waals surface area contributed by atoms with Crippen LogP contribution in [-0.4, -0.2) is 24.6 Å². The van der Waals surface area contributed by atoms with Crippen molar-refractivity contribution in [3.05, 3.63) is 40.4 Å². The lowest BCUT2D eigenvalue weighted by Crippen LogP contribution is -2.20. The van der Waals surface area contributed by atoms with Crippen LogP contribution in [0.4, 0.5) is 5.13 Å². The highest BCUT2D eigenvalue weighted by Crippen LogP contribution is 2.30. The normalized spacial score (nSPS) is 13.5. The molecule has 1 aliphatic rings. The quantitative estimate of drug-likeness (QED) is 0.845. The number of amides is 1. The zero-order valence-electron chi connectivity index (χ0n) is 14.5. The van der Waals surface area contributed by atoms with Gasteiger partial charge < -0.3 is 9.47 Å². The lowest BCUT2D eigenvalue weighted by atomic mass is 10.0. The number of nitrogens with one attached hydrogen (secondary N) is 1. The molecule has 25 heavy (non-hydrogen) atoms. The SMILES string of the molecule is CC=Cc1ccc(OCC(=O)Nc2nc3c(s2)CCCC3)c(OC)c1. The summed E-state index contributed by atoms with van der Waals surface area (Å²) in [6, 6.07) is 5.61. The van der Waals surface area contributed by atoms with E-state index in [1.54, 1.807) is 18.4 Å². The number of carbonyl (C=O) groups is 1. The number of aryl methyl sites for hydroxylation is 2. The van der Waals surface area contributed by atoms with Gasteiger partial charge in [-0.05, 0) is 50.3 Å². The van der Waals surface area contributed by atoms with Crippen molar-refractivity contribution in [2.75, 3.05) is 19.0 Å². The van der Waals surface area contributed by atoms with Gasteiger partial charge in [-0.1, -0.05) is 18.2 Å². The molecule has 1 aromatic carbocycles. The smallest absolute Gasteiger partial charge is 0.264 e. The van der Waals surface area contributed by atoms with E-state index in [0.29, 0.717) is 16.6 Å². The molecule has 0 saturated heterocycles. The molecule has 0 fully saturated rings. The molecule has 2 aromatic rings. The van der Waals surface area contributed by atoms with E-state index in [1.807, 2.05) is 37.3 Å². The lowest BCUT2D eigenvalue weighted by Gasteiger charge is -2.11. The minimum absolute atomic E-state index is 0.0798. The van der Waals surface area contributed by atoms with Gasteiger partial charge in [0.05, 0.1) is 12.8 Å². The summed E-state index contributed by atoms with van der Waals surface area (Å²) in [5.74, 6) is 0.933. The first-order valence-electron chi connectivity index (χ1n) is 8.41. The van der Waals surface area contributed by atoms with Gasteiger partial charge in [-0.15, -0.1) is 11.3 Å². The Morgan fingerprint density at radius 3 is 2.92 bits per heavy atom. The molecule has 1 heterocycles. The number of aromatic nitrogens is 1. The number of nitrogens with zero attached hydrogens (tertiary/aromatic N) is 1. The number of benzene rings is 1. The monoisotopic (exact) mass is 358 g/mol. The summed E-state index contributed by atoms with van der Waals surface area (Å²) in [5, 5.41) is 3.49. The second-order valence-electron chi connectivity index (χ2n) is 5.84. The van der Waals surface area contributed by atoms with E-state index in [2.05, 4.69) is 10.3 Å². The fourth-order valence-electron chi connectivity index (χ4n) is 2.80. The standard InChI is InChI=1S/C19H22N2O3S/c1-3-6-13-9-10-15(16(11-13)23-2)24-12-18(22)21-19-20-14-7-4-5-8-17(14)25-19/h3,6,9-11H,4-5,7-8,12H2,1-2H3,(H,20,21,22). The summed E-state index contributed by atoms with van der Waals surface area (Å²) in [4.78, 5) is 18.0. The van der Waals surface area contributed by atoms with Crippen molar-refractivity contribution in [3.63, 3.8) is 0 Å². The average Bonchev–Trinajstić information content (AvgIpc) is 3.02. The van der Waals surface area contributed by atoms with Crippen LogP contribution in [0, 0.1) is 0 Å². The molecule has 1 aromatic heterocycles. The van der Waals surface area contributed by atoms with Crippen LogP contribution in [0.15, 0.2) is 24.3 Å². The van der Waals surface area contributed by atoms with Crippen LogP contribution < -0.4 is 14.8 Å². The molecule has 0 aliphatic heterocycles. The first-order valence-corrected chi connectivity index (χ1v) is 9.23. The van der Waals surface area contributed by atoms with E-state index in [-0.39, 0.29) is 12.5 Å². The number of anilines is 1. The van der Waals surface area contributed by atoms with Crippen LogP contribution in [-0.2, 0) is 17.6 Å². The molecule has 0 unspecified atom stereocenters. The molecule has 0 atom stereocenters. The summed E-state index contributed by atoms with van der Waals surface area (Å²) in [5.41, 5.74) is 2.15. The second-order valence-corrected chi connectivity index (χ2v) is 6.93. The lowest BCUT2D eigenvalue weighted by molar-refractivity contribution is -0.118. The summed E-state index contributed by atoms with van der Waals surface area (Å²) < 4.78 is 11.0. The van der Waals surface area contributed by atoms with Crippen LogP contribution in [0.25, 0.3) is 6.08 Å². The van der Waals surface area contributed by atoms with Crippen LogP contribution >= 0.6 is 11.3 Å². The van der Waals surface area contributed by atoms with Crippen LogP contribution in [0.1, 0.15) is 35.9 Å². The van der Waals surface area contributed by atoms with Crippen molar-refractivity contribution in [3.8, 4) is 11.5 Å². The van der Waals surface area contributed by atoms with Gasteiger partial charge in [-0.2, -0.15) is 0 Å². The van der Waals surface area contributed by atoms with Gasteiger partial charge in [0, 0.05) is 4.88 Å². The summed E-state index contributed by atoms with van der Waals surface area (Å²) in [6.45, 7) is 1.88. The number of hydrogen-bond acceptors (Lipinski definition) is 5. The van der Waals surface area contributed by atoms with Crippen molar-refractivity contribution in [2.24, 2.45) is 0 Å². The van der Waals surface area contributed by atoms with Crippen LogP contribution in [0.5, 0.6) is 11.5 Å². The molecule has 3 rings (SSSR count). The Morgan fingerprint density at radius 2 is 2.16 bits per heavy atom. The van der Waals surface area contributed by atoms with E-state index in [4.69, 9.17) is 9.47 Å².